The average Bonchev–Trinajstić information content (AvgIpc) is 2.15. The van der Waals surface area contributed by atoms with E-state index >= 15 is 0 Å². The molecule has 0 aromatic heterocycles. The van der Waals surface area contributed by atoms with Crippen LogP contribution in [0.2, 0.25) is 0 Å². The quantitative estimate of drug-likeness (QED) is 0.537. The first-order chi connectivity index (χ1) is 8.00. The highest BCUT2D eigenvalue weighted by molar-refractivity contribution is 5.93. The maximum atomic E-state index is 11.2. The zero-order valence-electron chi connectivity index (χ0n) is 11.2. The van der Waals surface area contributed by atoms with Gasteiger partial charge in [0.1, 0.15) is 0 Å². The SMILES string of the molecule is CC(C)(NCCC(=O)NC(N)=O)C(C)(C)C(=O)O. The summed E-state index contributed by atoms with van der Waals surface area (Å²) in [5.74, 6) is -1.43. The number of amides is 3. The van der Waals surface area contributed by atoms with Gasteiger partial charge in [0.2, 0.25) is 5.91 Å². The van der Waals surface area contributed by atoms with Crippen LogP contribution < -0.4 is 16.4 Å². The maximum absolute atomic E-state index is 11.2. The first kappa shape index (κ1) is 16.4. The number of carbonyl (C=O) groups excluding carboxylic acids is 2. The van der Waals surface area contributed by atoms with Gasteiger partial charge < -0.3 is 16.2 Å². The van der Waals surface area contributed by atoms with Crippen molar-refractivity contribution < 1.29 is 19.5 Å². The molecule has 0 aliphatic carbocycles. The van der Waals surface area contributed by atoms with E-state index in [0.717, 1.165) is 0 Å². The van der Waals surface area contributed by atoms with Crippen molar-refractivity contribution >= 4 is 17.9 Å². The Kier molecular flexibility index (Phi) is 5.29. The third-order valence-electron chi connectivity index (χ3n) is 3.28. The van der Waals surface area contributed by atoms with Gasteiger partial charge in [0.05, 0.1) is 5.41 Å². The number of nitrogens with two attached hydrogens (primary N) is 1. The van der Waals surface area contributed by atoms with Crippen molar-refractivity contribution in [2.45, 2.75) is 39.7 Å². The summed E-state index contributed by atoms with van der Waals surface area (Å²) in [7, 11) is 0. The standard InChI is InChI=1S/C11H21N3O4/c1-10(2,8(16)17)11(3,4)13-6-5-7(15)14-9(12)18/h13H,5-6H2,1-4H3,(H,16,17)(H3,12,14,15,18). The fourth-order valence-corrected chi connectivity index (χ4v) is 1.18. The Morgan fingerprint density at radius 3 is 2.06 bits per heavy atom. The number of imide groups is 1. The predicted molar refractivity (Wildman–Crippen MR) is 65.8 cm³/mol. The molecule has 0 aromatic carbocycles. The number of aliphatic carboxylic acids is 1. The molecule has 7 heteroatoms. The highest BCUT2D eigenvalue weighted by atomic mass is 16.4. The van der Waals surface area contributed by atoms with Crippen molar-refractivity contribution in [2.75, 3.05) is 6.54 Å². The Bertz CT molecular complexity index is 350. The summed E-state index contributed by atoms with van der Waals surface area (Å²) in [5.41, 5.74) is 3.10. The van der Waals surface area contributed by atoms with Crippen molar-refractivity contribution in [1.82, 2.24) is 10.6 Å². The molecule has 0 saturated carbocycles. The van der Waals surface area contributed by atoms with E-state index in [9.17, 15) is 14.4 Å². The van der Waals surface area contributed by atoms with Crippen LogP contribution in [-0.2, 0) is 9.59 Å². The lowest BCUT2D eigenvalue weighted by atomic mass is 9.74. The van der Waals surface area contributed by atoms with Crippen LogP contribution in [0.3, 0.4) is 0 Å². The Morgan fingerprint density at radius 1 is 1.17 bits per heavy atom. The van der Waals surface area contributed by atoms with Crippen molar-refractivity contribution in [3.05, 3.63) is 0 Å². The van der Waals surface area contributed by atoms with Crippen LogP contribution in [0.15, 0.2) is 0 Å². The molecule has 0 saturated heterocycles. The summed E-state index contributed by atoms with van der Waals surface area (Å²) in [6, 6.07) is -0.898. The minimum absolute atomic E-state index is 0.0437. The van der Waals surface area contributed by atoms with E-state index in [1.165, 1.54) is 0 Å². The molecule has 0 heterocycles. The van der Waals surface area contributed by atoms with E-state index in [2.05, 4.69) is 5.32 Å². The molecule has 0 fully saturated rings. The Morgan fingerprint density at radius 2 is 1.67 bits per heavy atom. The fraction of sp³-hybridized carbons (Fsp3) is 0.727. The van der Waals surface area contributed by atoms with Crippen LogP contribution in [0.25, 0.3) is 0 Å². The lowest BCUT2D eigenvalue weighted by Gasteiger charge is -2.39. The summed E-state index contributed by atoms with van der Waals surface area (Å²) < 4.78 is 0. The van der Waals surface area contributed by atoms with Gasteiger partial charge in [0.15, 0.2) is 0 Å². The number of carboxylic acids is 1. The van der Waals surface area contributed by atoms with Crippen LogP contribution in [0.1, 0.15) is 34.1 Å². The molecule has 0 aromatic rings. The van der Waals surface area contributed by atoms with Crippen molar-refractivity contribution in [3.8, 4) is 0 Å². The molecular weight excluding hydrogens is 238 g/mol. The van der Waals surface area contributed by atoms with E-state index in [1.54, 1.807) is 27.7 Å². The molecule has 0 bridgehead atoms. The molecule has 7 nitrogen and oxygen atoms in total. The first-order valence-electron chi connectivity index (χ1n) is 5.58. The third-order valence-corrected chi connectivity index (χ3v) is 3.28. The number of urea groups is 1. The summed E-state index contributed by atoms with van der Waals surface area (Å²) >= 11 is 0. The highest BCUT2D eigenvalue weighted by Gasteiger charge is 2.42. The van der Waals surface area contributed by atoms with Gasteiger partial charge >= 0.3 is 12.0 Å². The van der Waals surface area contributed by atoms with Crippen molar-refractivity contribution in [1.29, 1.82) is 0 Å². The minimum atomic E-state index is -0.993. The molecule has 0 aliphatic rings. The van der Waals surface area contributed by atoms with Gasteiger partial charge in [-0.3, -0.25) is 14.9 Å². The van der Waals surface area contributed by atoms with Crippen LogP contribution in [0.4, 0.5) is 4.79 Å². The van der Waals surface area contributed by atoms with Gasteiger partial charge in [-0.1, -0.05) is 0 Å². The molecule has 0 spiro atoms. The second-order valence-electron chi connectivity index (χ2n) is 5.14. The maximum Gasteiger partial charge on any atom is 0.318 e. The molecule has 18 heavy (non-hydrogen) atoms. The van der Waals surface area contributed by atoms with Crippen LogP contribution in [0, 0.1) is 5.41 Å². The largest absolute Gasteiger partial charge is 0.481 e. The summed E-state index contributed by atoms with van der Waals surface area (Å²) in [6.07, 6.45) is 0.0437. The average molecular weight is 259 g/mol. The number of hydrogen-bond acceptors (Lipinski definition) is 4. The van der Waals surface area contributed by atoms with E-state index < -0.39 is 28.9 Å². The Hall–Kier alpha value is -1.63. The van der Waals surface area contributed by atoms with Crippen LogP contribution in [0.5, 0.6) is 0 Å². The topological polar surface area (TPSA) is 122 Å². The zero-order chi connectivity index (χ0) is 14.6. The highest BCUT2D eigenvalue weighted by Crippen LogP contribution is 2.30. The molecule has 104 valence electrons. The number of hydrogen-bond donors (Lipinski definition) is 4. The molecule has 5 N–H and O–H groups in total. The number of rotatable bonds is 6. The number of primary amides is 1. The molecular formula is C11H21N3O4. The summed E-state index contributed by atoms with van der Waals surface area (Å²) in [4.78, 5) is 32.7. The smallest absolute Gasteiger partial charge is 0.318 e. The van der Waals surface area contributed by atoms with E-state index in [1.807, 2.05) is 5.32 Å². The summed E-state index contributed by atoms with van der Waals surface area (Å²) in [6.45, 7) is 6.95. The number of carbonyl (C=O) groups is 3. The van der Waals surface area contributed by atoms with Gasteiger partial charge in [0, 0.05) is 18.5 Å². The van der Waals surface area contributed by atoms with Gasteiger partial charge in [-0.05, 0) is 27.7 Å². The van der Waals surface area contributed by atoms with Gasteiger partial charge in [0.25, 0.3) is 0 Å². The minimum Gasteiger partial charge on any atom is -0.481 e. The summed E-state index contributed by atoms with van der Waals surface area (Å²) in [5, 5.41) is 14.0. The lowest BCUT2D eigenvalue weighted by Crippen LogP contribution is -2.55. The number of carboxylic acid groups (broad SMARTS) is 1. The lowest BCUT2D eigenvalue weighted by molar-refractivity contribution is -0.151. The van der Waals surface area contributed by atoms with E-state index in [0.29, 0.717) is 0 Å². The second kappa shape index (κ2) is 5.81. The molecule has 0 rings (SSSR count). The van der Waals surface area contributed by atoms with Crippen molar-refractivity contribution in [3.63, 3.8) is 0 Å². The normalized spacial score (nSPS) is 12.0. The second-order valence-corrected chi connectivity index (χ2v) is 5.14. The van der Waals surface area contributed by atoms with E-state index in [4.69, 9.17) is 10.8 Å². The first-order valence-corrected chi connectivity index (χ1v) is 5.58. The predicted octanol–water partition coefficient (Wildman–Crippen LogP) is 0.0504. The third kappa shape index (κ3) is 4.33. The molecule has 0 aliphatic heterocycles. The molecule has 3 amide bonds. The zero-order valence-corrected chi connectivity index (χ0v) is 11.2. The number of nitrogens with one attached hydrogen (secondary N) is 2. The van der Waals surface area contributed by atoms with Crippen LogP contribution >= 0.6 is 0 Å². The fourth-order valence-electron chi connectivity index (χ4n) is 1.18. The van der Waals surface area contributed by atoms with Crippen LogP contribution in [-0.4, -0.2) is 35.1 Å². The Balaban J connectivity index is 4.33. The van der Waals surface area contributed by atoms with E-state index in [-0.39, 0.29) is 13.0 Å². The van der Waals surface area contributed by atoms with Crippen molar-refractivity contribution in [2.24, 2.45) is 11.1 Å². The van der Waals surface area contributed by atoms with Gasteiger partial charge in [-0.25, -0.2) is 4.79 Å². The monoisotopic (exact) mass is 259 g/mol. The van der Waals surface area contributed by atoms with Gasteiger partial charge in [-0.2, -0.15) is 0 Å². The Labute approximate surface area is 106 Å². The van der Waals surface area contributed by atoms with Gasteiger partial charge in [-0.15, -0.1) is 0 Å². The molecule has 0 unspecified atom stereocenters. The molecule has 0 radical (unpaired) electrons. The molecule has 0 atom stereocenters.